The summed E-state index contributed by atoms with van der Waals surface area (Å²) in [7, 11) is 0. The van der Waals surface area contributed by atoms with Crippen molar-refractivity contribution >= 4 is 17.4 Å². The van der Waals surface area contributed by atoms with Gasteiger partial charge in [0.25, 0.3) is 0 Å². The summed E-state index contributed by atoms with van der Waals surface area (Å²) < 4.78 is 0. The normalized spacial score (nSPS) is 10.3. The molecule has 0 aliphatic carbocycles. The van der Waals surface area contributed by atoms with Crippen LogP contribution in [0.25, 0.3) is 11.3 Å². The summed E-state index contributed by atoms with van der Waals surface area (Å²) in [4.78, 5) is 4.43. The molecule has 0 aliphatic heterocycles. The summed E-state index contributed by atoms with van der Waals surface area (Å²) >= 11 is 1.51. The van der Waals surface area contributed by atoms with Crippen LogP contribution in [0.4, 0.5) is 5.69 Å². The van der Waals surface area contributed by atoms with E-state index >= 15 is 0 Å². The molecule has 1 heterocycles. The Hall–Kier alpha value is -1.68. The van der Waals surface area contributed by atoms with Crippen LogP contribution < -0.4 is 5.73 Å². The number of phenolic OH excluding ortho intramolecular Hbond substituents is 1. The van der Waals surface area contributed by atoms with Crippen molar-refractivity contribution in [2.45, 2.75) is 5.03 Å². The van der Waals surface area contributed by atoms with Crippen LogP contribution in [0.3, 0.4) is 0 Å². The molecular weight excluding hydrogens is 220 g/mol. The van der Waals surface area contributed by atoms with Gasteiger partial charge in [-0.05, 0) is 30.5 Å². The first-order chi connectivity index (χ1) is 7.70. The molecule has 82 valence electrons. The number of nitrogen functional groups attached to an aromatic ring is 1. The summed E-state index contributed by atoms with van der Waals surface area (Å²) in [6.45, 7) is 0. The number of aromatic nitrogens is 1. The second-order valence-electron chi connectivity index (χ2n) is 3.35. The Labute approximate surface area is 98.3 Å². The molecular formula is C12H12N2OS. The summed E-state index contributed by atoms with van der Waals surface area (Å²) in [5.41, 5.74) is 8.15. The predicted octanol–water partition coefficient (Wildman–Crippen LogP) is 2.76. The van der Waals surface area contributed by atoms with Crippen molar-refractivity contribution in [1.29, 1.82) is 0 Å². The van der Waals surface area contributed by atoms with E-state index in [1.807, 2.05) is 24.5 Å². The van der Waals surface area contributed by atoms with E-state index in [0.717, 1.165) is 16.3 Å². The molecule has 0 saturated carbocycles. The molecule has 2 rings (SSSR count). The molecule has 0 bridgehead atoms. The van der Waals surface area contributed by atoms with E-state index in [1.54, 1.807) is 18.2 Å². The second kappa shape index (κ2) is 4.45. The van der Waals surface area contributed by atoms with Crippen molar-refractivity contribution in [3.8, 4) is 17.0 Å². The topological polar surface area (TPSA) is 59.1 Å². The highest BCUT2D eigenvalue weighted by molar-refractivity contribution is 7.98. The third-order valence-electron chi connectivity index (χ3n) is 2.22. The quantitative estimate of drug-likeness (QED) is 0.782. The minimum Gasteiger partial charge on any atom is -0.508 e. The summed E-state index contributed by atoms with van der Waals surface area (Å²) in [6, 6.07) is 10.7. The highest BCUT2D eigenvalue weighted by Gasteiger charge is 2.04. The van der Waals surface area contributed by atoms with Gasteiger partial charge in [-0.2, -0.15) is 0 Å². The molecule has 2 aromatic rings. The van der Waals surface area contributed by atoms with Crippen LogP contribution in [0.5, 0.6) is 5.75 Å². The Kier molecular flexibility index (Phi) is 3.01. The van der Waals surface area contributed by atoms with Crippen LogP contribution in [0.15, 0.2) is 41.4 Å². The van der Waals surface area contributed by atoms with E-state index in [2.05, 4.69) is 4.98 Å². The zero-order valence-corrected chi connectivity index (χ0v) is 9.66. The number of thioether (sulfide) groups is 1. The van der Waals surface area contributed by atoms with E-state index in [9.17, 15) is 5.11 Å². The number of hydrogen-bond acceptors (Lipinski definition) is 4. The van der Waals surface area contributed by atoms with Gasteiger partial charge in [-0.25, -0.2) is 4.98 Å². The Balaban J connectivity index is 2.48. The molecule has 0 unspecified atom stereocenters. The number of pyridine rings is 1. The molecule has 3 N–H and O–H groups in total. The number of aromatic hydroxyl groups is 1. The van der Waals surface area contributed by atoms with Crippen LogP contribution in [0.2, 0.25) is 0 Å². The zero-order valence-electron chi connectivity index (χ0n) is 8.84. The van der Waals surface area contributed by atoms with Crippen molar-refractivity contribution in [2.75, 3.05) is 12.0 Å². The van der Waals surface area contributed by atoms with Crippen LogP contribution in [0, 0.1) is 0 Å². The first-order valence-electron chi connectivity index (χ1n) is 4.80. The molecule has 1 aromatic heterocycles. The zero-order chi connectivity index (χ0) is 11.5. The highest BCUT2D eigenvalue weighted by atomic mass is 32.2. The third kappa shape index (κ3) is 2.12. The van der Waals surface area contributed by atoms with E-state index in [-0.39, 0.29) is 5.75 Å². The largest absolute Gasteiger partial charge is 0.508 e. The highest BCUT2D eigenvalue weighted by Crippen LogP contribution is 2.26. The van der Waals surface area contributed by atoms with E-state index in [1.165, 1.54) is 11.8 Å². The number of nitrogens with two attached hydrogens (primary N) is 1. The standard InChI is InChI=1S/C12H12N2OS/c1-16-12-10(13)5-6-11(14-12)8-3-2-4-9(15)7-8/h2-7,15H,13H2,1H3. The SMILES string of the molecule is CSc1nc(-c2cccc(O)c2)ccc1N. The summed E-state index contributed by atoms with van der Waals surface area (Å²) in [5, 5.41) is 10.2. The van der Waals surface area contributed by atoms with Crippen molar-refractivity contribution in [2.24, 2.45) is 0 Å². The van der Waals surface area contributed by atoms with Crippen LogP contribution in [-0.4, -0.2) is 16.3 Å². The molecule has 0 saturated heterocycles. The third-order valence-corrected chi connectivity index (χ3v) is 2.94. The summed E-state index contributed by atoms with van der Waals surface area (Å²) in [6.07, 6.45) is 1.94. The van der Waals surface area contributed by atoms with E-state index in [4.69, 9.17) is 5.73 Å². The molecule has 4 heteroatoms. The molecule has 0 atom stereocenters. The van der Waals surface area contributed by atoms with Crippen LogP contribution in [-0.2, 0) is 0 Å². The van der Waals surface area contributed by atoms with Gasteiger partial charge in [0.1, 0.15) is 10.8 Å². The average molecular weight is 232 g/mol. The predicted molar refractivity (Wildman–Crippen MR) is 67.5 cm³/mol. The number of benzene rings is 1. The lowest BCUT2D eigenvalue weighted by molar-refractivity contribution is 0.475. The first kappa shape index (κ1) is 10.8. The molecule has 0 fully saturated rings. The van der Waals surface area contributed by atoms with Crippen LogP contribution in [0.1, 0.15) is 0 Å². The Morgan fingerprint density at radius 2 is 2.06 bits per heavy atom. The molecule has 3 nitrogen and oxygen atoms in total. The number of anilines is 1. The van der Waals surface area contributed by atoms with Crippen LogP contribution >= 0.6 is 11.8 Å². The number of phenols is 1. The number of hydrogen-bond donors (Lipinski definition) is 2. The second-order valence-corrected chi connectivity index (χ2v) is 4.14. The molecule has 1 aromatic carbocycles. The minimum absolute atomic E-state index is 0.238. The fourth-order valence-corrected chi connectivity index (χ4v) is 1.93. The Morgan fingerprint density at radius 1 is 1.25 bits per heavy atom. The lowest BCUT2D eigenvalue weighted by Crippen LogP contribution is -1.93. The number of rotatable bonds is 2. The molecule has 16 heavy (non-hydrogen) atoms. The van der Waals surface area contributed by atoms with Gasteiger partial charge in [-0.3, -0.25) is 0 Å². The maximum atomic E-state index is 9.40. The van der Waals surface area contributed by atoms with E-state index in [0.29, 0.717) is 5.69 Å². The first-order valence-corrected chi connectivity index (χ1v) is 6.03. The average Bonchev–Trinajstić information content (AvgIpc) is 2.29. The van der Waals surface area contributed by atoms with Gasteiger partial charge in [-0.1, -0.05) is 12.1 Å². The summed E-state index contributed by atoms with van der Waals surface area (Å²) in [5.74, 6) is 0.238. The van der Waals surface area contributed by atoms with Gasteiger partial charge in [0.15, 0.2) is 0 Å². The maximum absolute atomic E-state index is 9.40. The van der Waals surface area contributed by atoms with Crippen molar-refractivity contribution in [1.82, 2.24) is 4.98 Å². The number of nitrogens with zero attached hydrogens (tertiary/aromatic N) is 1. The fraction of sp³-hybridized carbons (Fsp3) is 0.0833. The van der Waals surface area contributed by atoms with E-state index < -0.39 is 0 Å². The monoisotopic (exact) mass is 232 g/mol. The maximum Gasteiger partial charge on any atom is 0.119 e. The van der Waals surface area contributed by atoms with Crippen molar-refractivity contribution in [3.63, 3.8) is 0 Å². The minimum atomic E-state index is 0.238. The van der Waals surface area contributed by atoms with Gasteiger partial charge in [0, 0.05) is 5.56 Å². The van der Waals surface area contributed by atoms with Crippen molar-refractivity contribution < 1.29 is 5.11 Å². The molecule has 0 amide bonds. The smallest absolute Gasteiger partial charge is 0.119 e. The van der Waals surface area contributed by atoms with Gasteiger partial charge in [0.05, 0.1) is 11.4 Å². The lowest BCUT2D eigenvalue weighted by atomic mass is 10.1. The fourth-order valence-electron chi connectivity index (χ4n) is 1.44. The Bertz CT molecular complexity index is 514. The van der Waals surface area contributed by atoms with Gasteiger partial charge >= 0.3 is 0 Å². The molecule has 0 aliphatic rings. The van der Waals surface area contributed by atoms with Gasteiger partial charge in [0.2, 0.25) is 0 Å². The molecule has 0 radical (unpaired) electrons. The molecule has 0 spiro atoms. The Morgan fingerprint density at radius 3 is 2.75 bits per heavy atom. The van der Waals surface area contributed by atoms with Gasteiger partial charge in [-0.15, -0.1) is 11.8 Å². The van der Waals surface area contributed by atoms with Gasteiger partial charge < -0.3 is 10.8 Å². The lowest BCUT2D eigenvalue weighted by Gasteiger charge is -2.05. The van der Waals surface area contributed by atoms with Crippen molar-refractivity contribution in [3.05, 3.63) is 36.4 Å².